The lowest BCUT2D eigenvalue weighted by Crippen LogP contribution is -2.10. The van der Waals surface area contributed by atoms with Crippen molar-refractivity contribution in [3.05, 3.63) is 0 Å². The number of alkyl halides is 1. The van der Waals surface area contributed by atoms with Crippen LogP contribution in [-0.4, -0.2) is 14.6 Å². The molecule has 0 aromatic carbocycles. The second kappa shape index (κ2) is 2.38. The summed E-state index contributed by atoms with van der Waals surface area (Å²) in [5, 5.41) is 9.15. The van der Waals surface area contributed by atoms with Gasteiger partial charge < -0.3 is 5.11 Å². The topological polar surface area (TPSA) is 20.2 Å². The summed E-state index contributed by atoms with van der Waals surface area (Å²) in [5.41, 5.74) is 0. The van der Waals surface area contributed by atoms with Gasteiger partial charge in [-0.1, -0.05) is 29.5 Å². The Balaban J connectivity index is 2.38. The number of halogens is 1. The summed E-state index contributed by atoms with van der Waals surface area (Å²) in [5.74, 6) is 0.572. The van der Waals surface area contributed by atoms with Gasteiger partial charge in [0.2, 0.25) is 0 Å². The van der Waals surface area contributed by atoms with Crippen molar-refractivity contribution in [1.29, 1.82) is 0 Å². The van der Waals surface area contributed by atoms with E-state index in [9.17, 15) is 0 Å². The third kappa shape index (κ3) is 1.40. The largest absolute Gasteiger partial charge is 0.393 e. The van der Waals surface area contributed by atoms with Gasteiger partial charge in [0.25, 0.3) is 0 Å². The van der Waals surface area contributed by atoms with E-state index in [0.717, 1.165) is 0 Å². The molecule has 1 N–H and O–H groups in total. The van der Waals surface area contributed by atoms with Gasteiger partial charge in [-0.3, -0.25) is 0 Å². The number of hydrogen-bond donors (Lipinski definition) is 1. The van der Waals surface area contributed by atoms with E-state index in [1.54, 1.807) is 0 Å². The van der Waals surface area contributed by atoms with Crippen LogP contribution in [0.2, 0.25) is 0 Å². The number of aliphatic hydroxyl groups is 1. The summed E-state index contributed by atoms with van der Waals surface area (Å²) < 4.78 is 0.450. The SMILES string of the molecule is CC[C@@]1(I)C[C@@H]1[C@H](C)O. The molecule has 0 aliphatic heterocycles. The van der Waals surface area contributed by atoms with Crippen molar-refractivity contribution >= 4 is 22.6 Å². The summed E-state index contributed by atoms with van der Waals surface area (Å²) in [6.45, 7) is 4.08. The molecule has 0 radical (unpaired) electrons. The lowest BCUT2D eigenvalue weighted by Gasteiger charge is -2.06. The highest BCUT2D eigenvalue weighted by molar-refractivity contribution is 14.1. The third-order valence-electron chi connectivity index (χ3n) is 2.23. The Kier molecular flexibility index (Phi) is 2.06. The second-order valence-electron chi connectivity index (χ2n) is 2.94. The minimum atomic E-state index is -0.0955. The van der Waals surface area contributed by atoms with Crippen LogP contribution in [0.1, 0.15) is 26.7 Å². The van der Waals surface area contributed by atoms with Crippen LogP contribution in [-0.2, 0) is 0 Å². The van der Waals surface area contributed by atoms with Crippen molar-refractivity contribution in [1.82, 2.24) is 0 Å². The summed E-state index contributed by atoms with van der Waals surface area (Å²) >= 11 is 2.47. The Bertz CT molecular complexity index is 113. The maximum atomic E-state index is 9.15. The Labute approximate surface area is 70.0 Å². The fraction of sp³-hybridized carbons (Fsp3) is 1.00. The highest BCUT2D eigenvalue weighted by Crippen LogP contribution is 2.55. The summed E-state index contributed by atoms with van der Waals surface area (Å²) in [7, 11) is 0. The molecular weight excluding hydrogens is 227 g/mol. The molecule has 0 amide bonds. The van der Waals surface area contributed by atoms with E-state index in [-0.39, 0.29) is 6.10 Å². The highest BCUT2D eigenvalue weighted by Gasteiger charge is 2.52. The van der Waals surface area contributed by atoms with Crippen LogP contribution < -0.4 is 0 Å². The standard InChI is InChI=1S/C7H13IO/c1-3-7(8)4-6(7)5(2)9/h5-6,9H,3-4H2,1-2H3/t5-,6+,7+/m0/s1. The molecule has 2 heteroatoms. The molecule has 54 valence electrons. The van der Waals surface area contributed by atoms with Crippen LogP contribution in [0.4, 0.5) is 0 Å². The average Bonchev–Trinajstić information content (AvgIpc) is 2.44. The van der Waals surface area contributed by atoms with Gasteiger partial charge in [-0.25, -0.2) is 0 Å². The quantitative estimate of drug-likeness (QED) is 0.578. The monoisotopic (exact) mass is 240 g/mol. The maximum Gasteiger partial charge on any atom is 0.0553 e. The molecule has 0 spiro atoms. The van der Waals surface area contributed by atoms with E-state index in [1.807, 2.05) is 6.92 Å². The van der Waals surface area contributed by atoms with Gasteiger partial charge in [-0.2, -0.15) is 0 Å². The predicted octanol–water partition coefficient (Wildman–Crippen LogP) is 1.97. The van der Waals surface area contributed by atoms with E-state index in [2.05, 4.69) is 29.5 Å². The molecule has 1 aliphatic rings. The van der Waals surface area contributed by atoms with Crippen LogP contribution >= 0.6 is 22.6 Å². The molecule has 1 fully saturated rings. The zero-order valence-corrected chi connectivity index (χ0v) is 8.05. The van der Waals surface area contributed by atoms with Gasteiger partial charge in [-0.15, -0.1) is 0 Å². The van der Waals surface area contributed by atoms with E-state index in [4.69, 9.17) is 5.11 Å². The van der Waals surface area contributed by atoms with Gasteiger partial charge >= 0.3 is 0 Å². The first-order valence-electron chi connectivity index (χ1n) is 3.47. The van der Waals surface area contributed by atoms with Crippen molar-refractivity contribution < 1.29 is 5.11 Å². The van der Waals surface area contributed by atoms with Gasteiger partial charge in [0.15, 0.2) is 0 Å². The molecule has 0 bridgehead atoms. The smallest absolute Gasteiger partial charge is 0.0553 e. The number of hydrogen-bond acceptors (Lipinski definition) is 1. The molecule has 0 saturated heterocycles. The molecule has 3 atom stereocenters. The fourth-order valence-electron chi connectivity index (χ4n) is 1.32. The lowest BCUT2D eigenvalue weighted by molar-refractivity contribution is 0.167. The van der Waals surface area contributed by atoms with Crippen LogP contribution in [0.15, 0.2) is 0 Å². The van der Waals surface area contributed by atoms with Gasteiger partial charge in [0, 0.05) is 9.34 Å². The van der Waals surface area contributed by atoms with E-state index >= 15 is 0 Å². The van der Waals surface area contributed by atoms with Gasteiger partial charge in [0.1, 0.15) is 0 Å². The van der Waals surface area contributed by atoms with Crippen LogP contribution in [0.5, 0.6) is 0 Å². The van der Waals surface area contributed by atoms with Crippen LogP contribution in [0, 0.1) is 5.92 Å². The molecular formula is C7H13IO. The Morgan fingerprint density at radius 3 is 2.56 bits per heavy atom. The second-order valence-corrected chi connectivity index (χ2v) is 5.09. The first kappa shape index (κ1) is 7.79. The molecule has 0 aromatic heterocycles. The van der Waals surface area contributed by atoms with Crippen LogP contribution in [0.25, 0.3) is 0 Å². The van der Waals surface area contributed by atoms with Gasteiger partial charge in [-0.05, 0) is 19.8 Å². The summed E-state index contributed by atoms with van der Waals surface area (Å²) in [4.78, 5) is 0. The van der Waals surface area contributed by atoms with Crippen molar-refractivity contribution in [2.24, 2.45) is 5.92 Å². The lowest BCUT2D eigenvalue weighted by atomic mass is 10.2. The number of aliphatic hydroxyl groups excluding tert-OH is 1. The third-order valence-corrected chi connectivity index (χ3v) is 4.24. The number of rotatable bonds is 2. The van der Waals surface area contributed by atoms with Crippen molar-refractivity contribution in [3.8, 4) is 0 Å². The molecule has 0 aromatic rings. The Morgan fingerprint density at radius 2 is 2.44 bits per heavy atom. The van der Waals surface area contributed by atoms with Crippen molar-refractivity contribution in [2.75, 3.05) is 0 Å². The zero-order chi connectivity index (χ0) is 7.07. The highest BCUT2D eigenvalue weighted by atomic mass is 127. The Morgan fingerprint density at radius 1 is 1.89 bits per heavy atom. The van der Waals surface area contributed by atoms with E-state index < -0.39 is 0 Å². The van der Waals surface area contributed by atoms with E-state index in [1.165, 1.54) is 12.8 Å². The van der Waals surface area contributed by atoms with E-state index in [0.29, 0.717) is 9.34 Å². The average molecular weight is 240 g/mol. The fourth-order valence-corrected chi connectivity index (χ4v) is 2.31. The summed E-state index contributed by atoms with van der Waals surface area (Å²) in [6.07, 6.45) is 2.31. The van der Waals surface area contributed by atoms with Crippen molar-refractivity contribution in [2.45, 2.75) is 36.2 Å². The predicted molar refractivity (Wildman–Crippen MR) is 46.8 cm³/mol. The first-order chi connectivity index (χ1) is 4.10. The molecule has 1 rings (SSSR count). The minimum absolute atomic E-state index is 0.0955. The van der Waals surface area contributed by atoms with Crippen LogP contribution in [0.3, 0.4) is 0 Å². The zero-order valence-electron chi connectivity index (χ0n) is 5.89. The first-order valence-corrected chi connectivity index (χ1v) is 4.55. The molecule has 0 unspecified atom stereocenters. The molecule has 0 heterocycles. The normalized spacial score (nSPS) is 44.7. The molecule has 1 aliphatic carbocycles. The maximum absolute atomic E-state index is 9.15. The summed E-state index contributed by atoms with van der Waals surface area (Å²) in [6, 6.07) is 0. The minimum Gasteiger partial charge on any atom is -0.393 e. The molecule has 1 nitrogen and oxygen atoms in total. The molecule has 1 saturated carbocycles. The van der Waals surface area contributed by atoms with Gasteiger partial charge in [0.05, 0.1) is 6.10 Å². The Hall–Kier alpha value is 0.690. The van der Waals surface area contributed by atoms with Crippen molar-refractivity contribution in [3.63, 3.8) is 0 Å². The molecule has 9 heavy (non-hydrogen) atoms.